The van der Waals surface area contributed by atoms with Crippen molar-refractivity contribution in [1.82, 2.24) is 4.98 Å². The van der Waals surface area contributed by atoms with Crippen molar-refractivity contribution in [2.24, 2.45) is 0 Å². The Morgan fingerprint density at radius 3 is 2.76 bits per heavy atom. The zero-order valence-corrected chi connectivity index (χ0v) is 13.7. The quantitative estimate of drug-likeness (QED) is 0.714. The highest BCUT2D eigenvalue weighted by molar-refractivity contribution is 9.10. The van der Waals surface area contributed by atoms with E-state index in [1.807, 2.05) is 18.2 Å². The molecule has 2 aromatic heterocycles. The Balaban J connectivity index is 2.26. The lowest BCUT2D eigenvalue weighted by atomic mass is 10.1. The van der Waals surface area contributed by atoms with Gasteiger partial charge in [-0.3, -0.25) is 0 Å². The molecule has 0 aliphatic rings. The second-order valence-electron chi connectivity index (χ2n) is 4.64. The van der Waals surface area contributed by atoms with E-state index in [1.54, 1.807) is 23.5 Å². The number of fused-ring (bicyclic) bond motifs is 1. The summed E-state index contributed by atoms with van der Waals surface area (Å²) in [4.78, 5) is 18.4. The van der Waals surface area contributed by atoms with Gasteiger partial charge in [0.05, 0.1) is 21.7 Å². The summed E-state index contributed by atoms with van der Waals surface area (Å²) in [6.07, 6.45) is 0.968. The van der Waals surface area contributed by atoms with Crippen LogP contribution in [-0.4, -0.2) is 16.1 Å². The number of halogens is 1. The van der Waals surface area contributed by atoms with Crippen LogP contribution < -0.4 is 0 Å². The molecule has 0 radical (unpaired) electrons. The van der Waals surface area contributed by atoms with Gasteiger partial charge in [0.15, 0.2) is 0 Å². The van der Waals surface area contributed by atoms with Crippen LogP contribution in [0.2, 0.25) is 0 Å². The van der Waals surface area contributed by atoms with Gasteiger partial charge in [0.2, 0.25) is 0 Å². The lowest BCUT2D eigenvalue weighted by Crippen LogP contribution is -1.99. The maximum absolute atomic E-state index is 11.5. The molecular formula is C16H12BrNO2S. The minimum absolute atomic E-state index is 0.286. The maximum atomic E-state index is 11.5. The van der Waals surface area contributed by atoms with Crippen molar-refractivity contribution in [2.45, 2.75) is 13.3 Å². The number of pyridine rings is 1. The Morgan fingerprint density at radius 1 is 1.29 bits per heavy atom. The molecule has 3 nitrogen and oxygen atoms in total. The number of aromatic nitrogens is 1. The lowest BCUT2D eigenvalue weighted by Gasteiger charge is -2.06. The number of benzene rings is 1. The average molecular weight is 362 g/mol. The van der Waals surface area contributed by atoms with Crippen LogP contribution in [-0.2, 0) is 6.42 Å². The van der Waals surface area contributed by atoms with E-state index < -0.39 is 5.97 Å². The predicted molar refractivity (Wildman–Crippen MR) is 89.1 cm³/mol. The molecule has 0 aliphatic carbocycles. The van der Waals surface area contributed by atoms with Gasteiger partial charge in [0.1, 0.15) is 0 Å². The standard InChI is InChI=1S/C16H12BrNO2S/c1-2-10-4-6-15(21-10)14-8-12(16(19)20)11-5-3-9(17)7-13(11)18-14/h3-8H,2H2,1H3,(H,19,20). The number of nitrogens with zero attached hydrogens (tertiary/aromatic N) is 1. The first-order valence-electron chi connectivity index (χ1n) is 6.51. The van der Waals surface area contributed by atoms with Crippen molar-refractivity contribution in [3.8, 4) is 10.6 Å². The van der Waals surface area contributed by atoms with Crippen molar-refractivity contribution in [2.75, 3.05) is 0 Å². The molecule has 2 heterocycles. The minimum atomic E-state index is -0.932. The monoisotopic (exact) mass is 361 g/mol. The van der Waals surface area contributed by atoms with Crippen molar-refractivity contribution < 1.29 is 9.90 Å². The fraction of sp³-hybridized carbons (Fsp3) is 0.125. The van der Waals surface area contributed by atoms with Crippen LogP contribution in [0.25, 0.3) is 21.5 Å². The third-order valence-corrected chi connectivity index (χ3v) is 5.01. The summed E-state index contributed by atoms with van der Waals surface area (Å²) in [7, 11) is 0. The molecule has 0 spiro atoms. The normalized spacial score (nSPS) is 11.0. The van der Waals surface area contributed by atoms with E-state index in [2.05, 4.69) is 33.9 Å². The first-order valence-corrected chi connectivity index (χ1v) is 8.12. The summed E-state index contributed by atoms with van der Waals surface area (Å²) in [6, 6.07) is 11.2. The Hall–Kier alpha value is -1.72. The number of carbonyl (C=O) groups is 1. The Labute approximate surface area is 134 Å². The average Bonchev–Trinajstić information content (AvgIpc) is 2.94. The molecule has 0 unspecified atom stereocenters. The predicted octanol–water partition coefficient (Wildman–Crippen LogP) is 4.99. The van der Waals surface area contributed by atoms with Gasteiger partial charge < -0.3 is 5.11 Å². The number of hydrogen-bond acceptors (Lipinski definition) is 3. The van der Waals surface area contributed by atoms with Crippen molar-refractivity contribution in [3.05, 3.63) is 51.3 Å². The fourth-order valence-electron chi connectivity index (χ4n) is 2.21. The summed E-state index contributed by atoms with van der Waals surface area (Å²) in [5, 5.41) is 10.1. The van der Waals surface area contributed by atoms with Gasteiger partial charge in [-0.15, -0.1) is 11.3 Å². The van der Waals surface area contributed by atoms with Gasteiger partial charge in [-0.05, 0) is 36.8 Å². The number of aryl methyl sites for hydroxylation is 1. The number of thiophene rings is 1. The molecule has 0 fully saturated rings. The molecule has 3 aromatic rings. The second kappa shape index (κ2) is 5.58. The Kier molecular flexibility index (Phi) is 3.78. The highest BCUT2D eigenvalue weighted by atomic mass is 79.9. The van der Waals surface area contributed by atoms with Crippen molar-refractivity contribution >= 4 is 44.1 Å². The largest absolute Gasteiger partial charge is 0.478 e. The van der Waals surface area contributed by atoms with E-state index in [0.29, 0.717) is 16.6 Å². The molecule has 0 saturated carbocycles. The number of rotatable bonds is 3. The molecule has 0 amide bonds. The topological polar surface area (TPSA) is 50.2 Å². The molecule has 0 saturated heterocycles. The van der Waals surface area contributed by atoms with Crippen LogP contribution in [0.3, 0.4) is 0 Å². The molecule has 106 valence electrons. The summed E-state index contributed by atoms with van der Waals surface area (Å²) in [5.41, 5.74) is 1.68. The van der Waals surface area contributed by atoms with E-state index in [9.17, 15) is 9.90 Å². The fourth-order valence-corrected chi connectivity index (χ4v) is 3.47. The lowest BCUT2D eigenvalue weighted by molar-refractivity contribution is 0.0699. The highest BCUT2D eigenvalue weighted by Crippen LogP contribution is 2.31. The molecule has 0 aliphatic heterocycles. The summed E-state index contributed by atoms with van der Waals surface area (Å²) < 4.78 is 0.886. The van der Waals surface area contributed by atoms with E-state index in [4.69, 9.17) is 0 Å². The van der Waals surface area contributed by atoms with Crippen LogP contribution in [0.5, 0.6) is 0 Å². The zero-order valence-electron chi connectivity index (χ0n) is 11.3. The summed E-state index contributed by atoms with van der Waals surface area (Å²) >= 11 is 5.06. The minimum Gasteiger partial charge on any atom is -0.478 e. The first kappa shape index (κ1) is 14.2. The molecule has 0 bridgehead atoms. The van der Waals surface area contributed by atoms with Crippen LogP contribution in [0, 0.1) is 0 Å². The molecule has 0 atom stereocenters. The van der Waals surface area contributed by atoms with Gasteiger partial charge >= 0.3 is 5.97 Å². The van der Waals surface area contributed by atoms with Crippen LogP contribution in [0.15, 0.2) is 40.9 Å². The SMILES string of the molecule is CCc1ccc(-c2cc(C(=O)O)c3ccc(Br)cc3n2)s1. The molecule has 1 aromatic carbocycles. The highest BCUT2D eigenvalue weighted by Gasteiger charge is 2.14. The number of carboxylic acid groups (broad SMARTS) is 1. The van der Waals surface area contributed by atoms with Crippen molar-refractivity contribution in [1.29, 1.82) is 0 Å². The third-order valence-electron chi connectivity index (χ3n) is 3.26. The zero-order chi connectivity index (χ0) is 15.0. The van der Waals surface area contributed by atoms with Crippen LogP contribution in [0.1, 0.15) is 22.2 Å². The maximum Gasteiger partial charge on any atom is 0.336 e. The second-order valence-corrected chi connectivity index (χ2v) is 6.73. The van der Waals surface area contributed by atoms with Gasteiger partial charge in [0.25, 0.3) is 0 Å². The first-order chi connectivity index (χ1) is 10.1. The molecular weight excluding hydrogens is 350 g/mol. The molecule has 1 N–H and O–H groups in total. The van der Waals surface area contributed by atoms with Gasteiger partial charge in [-0.1, -0.05) is 28.9 Å². The molecule has 21 heavy (non-hydrogen) atoms. The van der Waals surface area contributed by atoms with E-state index in [-0.39, 0.29) is 5.56 Å². The van der Waals surface area contributed by atoms with E-state index in [1.165, 1.54) is 4.88 Å². The van der Waals surface area contributed by atoms with Crippen molar-refractivity contribution in [3.63, 3.8) is 0 Å². The van der Waals surface area contributed by atoms with E-state index >= 15 is 0 Å². The van der Waals surface area contributed by atoms with Gasteiger partial charge in [-0.25, -0.2) is 9.78 Å². The Morgan fingerprint density at radius 2 is 2.10 bits per heavy atom. The third kappa shape index (κ3) is 2.71. The number of hydrogen-bond donors (Lipinski definition) is 1. The molecule has 3 rings (SSSR count). The van der Waals surface area contributed by atoms with Crippen LogP contribution >= 0.6 is 27.3 Å². The smallest absolute Gasteiger partial charge is 0.336 e. The summed E-state index contributed by atoms with van der Waals surface area (Å²) in [6.45, 7) is 2.10. The van der Waals surface area contributed by atoms with Crippen LogP contribution in [0.4, 0.5) is 0 Å². The van der Waals surface area contributed by atoms with Gasteiger partial charge in [-0.2, -0.15) is 0 Å². The molecule has 5 heteroatoms. The summed E-state index contributed by atoms with van der Waals surface area (Å²) in [5.74, 6) is -0.932. The number of aromatic carboxylic acids is 1. The van der Waals surface area contributed by atoms with E-state index in [0.717, 1.165) is 15.8 Å². The van der Waals surface area contributed by atoms with Gasteiger partial charge in [0, 0.05) is 14.7 Å². The Bertz CT molecular complexity index is 841. The number of carboxylic acids is 1.